The number of morpholine rings is 1. The highest BCUT2D eigenvalue weighted by Gasteiger charge is 2.38. The molecular formula is C12H21N3O4S. The minimum Gasteiger partial charge on any atom is -0.394 e. The molecule has 1 fully saturated rings. The Morgan fingerprint density at radius 2 is 2.10 bits per heavy atom. The standard InChI is InChI=1S/C12H21N3O4S/c1-8-7-19-11(6-16)5-15(8)20(17,18)12-9(2)13-14(4)10(12)3/h8,11,16H,5-7H2,1-4H3. The van der Waals surface area contributed by atoms with Gasteiger partial charge in [0.1, 0.15) is 4.90 Å². The maximum Gasteiger partial charge on any atom is 0.247 e. The van der Waals surface area contributed by atoms with Crippen LogP contribution >= 0.6 is 0 Å². The summed E-state index contributed by atoms with van der Waals surface area (Å²) < 4.78 is 34.1. The number of hydrogen-bond acceptors (Lipinski definition) is 5. The summed E-state index contributed by atoms with van der Waals surface area (Å²) in [6.07, 6.45) is -0.474. The Kier molecular flexibility index (Phi) is 4.19. The van der Waals surface area contributed by atoms with Crippen LogP contribution in [0.25, 0.3) is 0 Å². The van der Waals surface area contributed by atoms with Gasteiger partial charge in [-0.05, 0) is 20.8 Å². The first-order valence-electron chi connectivity index (χ1n) is 6.53. The molecule has 1 aliphatic rings. The molecule has 20 heavy (non-hydrogen) atoms. The van der Waals surface area contributed by atoms with Crippen LogP contribution in [0, 0.1) is 13.8 Å². The topological polar surface area (TPSA) is 84.7 Å². The molecule has 0 spiro atoms. The molecule has 2 atom stereocenters. The van der Waals surface area contributed by atoms with Crippen molar-refractivity contribution in [2.45, 2.75) is 37.8 Å². The number of hydrogen-bond donors (Lipinski definition) is 1. The van der Waals surface area contributed by atoms with Crippen molar-refractivity contribution in [1.82, 2.24) is 14.1 Å². The van der Waals surface area contributed by atoms with Crippen LogP contribution in [0.15, 0.2) is 4.90 Å². The van der Waals surface area contributed by atoms with Crippen LogP contribution in [-0.4, -0.2) is 59.5 Å². The van der Waals surface area contributed by atoms with E-state index in [1.165, 1.54) is 4.31 Å². The second-order valence-electron chi connectivity index (χ2n) is 5.19. The average Bonchev–Trinajstić information content (AvgIpc) is 2.64. The van der Waals surface area contributed by atoms with E-state index in [0.717, 1.165) is 0 Å². The van der Waals surface area contributed by atoms with Crippen LogP contribution in [-0.2, 0) is 21.8 Å². The molecule has 2 rings (SSSR count). The fraction of sp³-hybridized carbons (Fsp3) is 0.750. The number of aliphatic hydroxyl groups is 1. The monoisotopic (exact) mass is 303 g/mol. The molecule has 2 unspecified atom stereocenters. The molecule has 0 aromatic carbocycles. The Hall–Kier alpha value is -0.960. The lowest BCUT2D eigenvalue weighted by atomic mass is 10.2. The molecule has 0 saturated carbocycles. The summed E-state index contributed by atoms with van der Waals surface area (Å²) in [6, 6.07) is -0.262. The molecular weight excluding hydrogens is 282 g/mol. The minimum atomic E-state index is -3.64. The maximum absolute atomic E-state index is 12.8. The van der Waals surface area contributed by atoms with E-state index in [0.29, 0.717) is 11.4 Å². The SMILES string of the molecule is Cc1nn(C)c(C)c1S(=O)(=O)N1CC(CO)OCC1C. The smallest absolute Gasteiger partial charge is 0.247 e. The molecule has 1 N–H and O–H groups in total. The van der Waals surface area contributed by atoms with Crippen molar-refractivity contribution in [1.29, 1.82) is 0 Å². The largest absolute Gasteiger partial charge is 0.394 e. The van der Waals surface area contributed by atoms with Gasteiger partial charge in [-0.3, -0.25) is 4.68 Å². The predicted octanol–water partition coefficient (Wildman–Crippen LogP) is -0.193. The highest BCUT2D eigenvalue weighted by atomic mass is 32.2. The Morgan fingerprint density at radius 3 is 2.60 bits per heavy atom. The van der Waals surface area contributed by atoms with Crippen molar-refractivity contribution in [3.05, 3.63) is 11.4 Å². The number of aliphatic hydroxyl groups excluding tert-OH is 1. The van der Waals surface area contributed by atoms with Gasteiger partial charge in [0.15, 0.2) is 0 Å². The molecule has 0 radical (unpaired) electrons. The number of ether oxygens (including phenoxy) is 1. The summed E-state index contributed by atoms with van der Waals surface area (Å²) in [4.78, 5) is 0.255. The number of aromatic nitrogens is 2. The van der Waals surface area contributed by atoms with Crippen molar-refractivity contribution < 1.29 is 18.3 Å². The first kappa shape index (κ1) is 15.4. The van der Waals surface area contributed by atoms with Gasteiger partial charge < -0.3 is 9.84 Å². The Balaban J connectivity index is 2.43. The fourth-order valence-corrected chi connectivity index (χ4v) is 4.53. The third-order valence-electron chi connectivity index (χ3n) is 3.66. The second kappa shape index (κ2) is 5.44. The highest BCUT2D eigenvalue weighted by molar-refractivity contribution is 7.89. The van der Waals surface area contributed by atoms with Crippen molar-refractivity contribution >= 4 is 10.0 Å². The summed E-state index contributed by atoms with van der Waals surface area (Å²) in [7, 11) is -1.91. The highest BCUT2D eigenvalue weighted by Crippen LogP contribution is 2.26. The molecule has 114 valence electrons. The molecule has 0 bridgehead atoms. The summed E-state index contributed by atoms with van der Waals surface area (Å²) in [5.74, 6) is 0. The van der Waals surface area contributed by atoms with E-state index in [1.54, 1.807) is 32.5 Å². The van der Waals surface area contributed by atoms with Gasteiger partial charge in [-0.25, -0.2) is 8.42 Å². The van der Waals surface area contributed by atoms with E-state index in [9.17, 15) is 13.5 Å². The van der Waals surface area contributed by atoms with E-state index in [4.69, 9.17) is 4.74 Å². The van der Waals surface area contributed by atoms with E-state index in [1.807, 2.05) is 0 Å². The Morgan fingerprint density at radius 1 is 1.45 bits per heavy atom. The van der Waals surface area contributed by atoms with E-state index in [-0.39, 0.29) is 30.7 Å². The van der Waals surface area contributed by atoms with Gasteiger partial charge in [0.05, 0.1) is 30.7 Å². The van der Waals surface area contributed by atoms with Crippen LogP contribution in [0.1, 0.15) is 18.3 Å². The fourth-order valence-electron chi connectivity index (χ4n) is 2.48. The van der Waals surface area contributed by atoms with Gasteiger partial charge in [-0.2, -0.15) is 9.40 Å². The lowest BCUT2D eigenvalue weighted by molar-refractivity contribution is -0.0516. The molecule has 1 aromatic rings. The molecule has 8 heteroatoms. The van der Waals surface area contributed by atoms with Gasteiger partial charge >= 0.3 is 0 Å². The first-order valence-corrected chi connectivity index (χ1v) is 7.97. The van der Waals surface area contributed by atoms with Crippen LogP contribution in [0.4, 0.5) is 0 Å². The molecule has 7 nitrogen and oxygen atoms in total. The van der Waals surface area contributed by atoms with Crippen molar-refractivity contribution in [3.63, 3.8) is 0 Å². The van der Waals surface area contributed by atoms with Gasteiger partial charge in [0, 0.05) is 19.6 Å². The number of aryl methyl sites for hydroxylation is 2. The van der Waals surface area contributed by atoms with Crippen LogP contribution < -0.4 is 0 Å². The quantitative estimate of drug-likeness (QED) is 0.836. The summed E-state index contributed by atoms with van der Waals surface area (Å²) >= 11 is 0. The summed E-state index contributed by atoms with van der Waals surface area (Å²) in [5, 5.41) is 13.3. The second-order valence-corrected chi connectivity index (χ2v) is 7.01. The zero-order chi connectivity index (χ0) is 15.1. The molecule has 1 aliphatic heterocycles. The van der Waals surface area contributed by atoms with E-state index < -0.39 is 16.1 Å². The zero-order valence-corrected chi connectivity index (χ0v) is 13.0. The van der Waals surface area contributed by atoms with Crippen LogP contribution in [0.2, 0.25) is 0 Å². The van der Waals surface area contributed by atoms with Crippen LogP contribution in [0.3, 0.4) is 0 Å². The maximum atomic E-state index is 12.8. The average molecular weight is 303 g/mol. The number of rotatable bonds is 3. The van der Waals surface area contributed by atoms with Gasteiger partial charge in [-0.15, -0.1) is 0 Å². The minimum absolute atomic E-state index is 0.160. The third kappa shape index (κ3) is 2.48. The van der Waals surface area contributed by atoms with Crippen molar-refractivity contribution in [2.24, 2.45) is 7.05 Å². The van der Waals surface area contributed by atoms with Gasteiger partial charge in [0.25, 0.3) is 0 Å². The molecule has 1 saturated heterocycles. The van der Waals surface area contributed by atoms with Crippen LogP contribution in [0.5, 0.6) is 0 Å². The first-order chi connectivity index (χ1) is 9.28. The summed E-state index contributed by atoms with van der Waals surface area (Å²) in [5.41, 5.74) is 1.10. The molecule has 2 heterocycles. The van der Waals surface area contributed by atoms with Crippen molar-refractivity contribution in [2.75, 3.05) is 19.8 Å². The third-order valence-corrected chi connectivity index (χ3v) is 5.89. The molecule has 1 aromatic heterocycles. The van der Waals surface area contributed by atoms with E-state index in [2.05, 4.69) is 5.10 Å². The predicted molar refractivity (Wildman–Crippen MR) is 72.9 cm³/mol. The molecule has 0 amide bonds. The normalized spacial score (nSPS) is 25.1. The van der Waals surface area contributed by atoms with Gasteiger partial charge in [-0.1, -0.05) is 0 Å². The Bertz CT molecular complexity index is 596. The van der Waals surface area contributed by atoms with E-state index >= 15 is 0 Å². The molecule has 0 aliphatic carbocycles. The summed E-state index contributed by atoms with van der Waals surface area (Å²) in [6.45, 7) is 5.47. The van der Waals surface area contributed by atoms with Crippen molar-refractivity contribution in [3.8, 4) is 0 Å². The Labute approximate surface area is 119 Å². The number of nitrogens with zero attached hydrogens (tertiary/aromatic N) is 3. The zero-order valence-electron chi connectivity index (χ0n) is 12.2. The lowest BCUT2D eigenvalue weighted by Crippen LogP contribution is -2.52. The number of sulfonamides is 1. The lowest BCUT2D eigenvalue weighted by Gasteiger charge is -2.36. The van der Waals surface area contributed by atoms with Gasteiger partial charge in [0.2, 0.25) is 10.0 Å².